The van der Waals surface area contributed by atoms with E-state index >= 15 is 0 Å². The molecule has 0 radical (unpaired) electrons. The number of aryl methyl sites for hydroxylation is 1. The predicted octanol–water partition coefficient (Wildman–Crippen LogP) is 1.93. The van der Waals surface area contributed by atoms with Crippen LogP contribution in [0.1, 0.15) is 32.1 Å². The van der Waals surface area contributed by atoms with E-state index in [1.165, 1.54) is 28.0 Å². The van der Waals surface area contributed by atoms with E-state index in [-0.39, 0.29) is 0 Å². The lowest BCUT2D eigenvalue weighted by atomic mass is 9.91. The van der Waals surface area contributed by atoms with Crippen LogP contribution in [0.2, 0.25) is 0 Å². The average Bonchev–Trinajstić information content (AvgIpc) is 3.09. The number of rotatable bonds is 3. The van der Waals surface area contributed by atoms with Crippen molar-refractivity contribution >= 4 is 20.3 Å². The Bertz CT molecular complexity index is 995. The first-order chi connectivity index (χ1) is 13.3. The van der Waals surface area contributed by atoms with E-state index in [0.29, 0.717) is 13.1 Å². The highest BCUT2D eigenvalue weighted by molar-refractivity contribution is 7.87. The van der Waals surface area contributed by atoms with Gasteiger partial charge in [-0.05, 0) is 43.3 Å². The molecule has 0 fully saturated rings. The molecule has 0 spiro atoms. The van der Waals surface area contributed by atoms with Crippen molar-refractivity contribution in [1.82, 2.24) is 8.28 Å². The van der Waals surface area contributed by atoms with E-state index in [1.807, 2.05) is 7.05 Å². The molecule has 29 heavy (non-hydrogen) atoms. The summed E-state index contributed by atoms with van der Waals surface area (Å²) in [7, 11) is -7.46. The summed E-state index contributed by atoms with van der Waals surface area (Å²) in [4.78, 5) is 0. The highest BCUT2D eigenvalue weighted by Crippen LogP contribution is 2.28. The molecule has 1 N–H and O–H groups in total. The Morgan fingerprint density at radius 3 is 2.10 bits per heavy atom. The number of allylic oxidation sites excluding steroid dienone is 2. The van der Waals surface area contributed by atoms with Gasteiger partial charge < -0.3 is 0 Å². The lowest BCUT2D eigenvalue weighted by molar-refractivity contribution is -0.670. The van der Waals surface area contributed by atoms with Crippen LogP contribution in [0.15, 0.2) is 42.0 Å². The van der Waals surface area contributed by atoms with E-state index in [1.54, 1.807) is 27.6 Å². The Kier molecular flexibility index (Phi) is 7.30. The third kappa shape index (κ3) is 6.14. The Labute approximate surface area is 167 Å². The molecule has 0 bridgehead atoms. The van der Waals surface area contributed by atoms with Crippen LogP contribution in [0, 0.1) is 0 Å². The minimum atomic E-state index is -5.84. The zero-order valence-corrected chi connectivity index (χ0v) is 17.3. The maximum Gasteiger partial charge on any atom is 0.522 e. The SMILES string of the molecule is C[n+]1ccn(S(=O)(=O)N2CC=C(C3=CCCCC3)CC2)c1.O=S(=O)(O)C(F)(F)F. The van der Waals surface area contributed by atoms with Gasteiger partial charge in [-0.1, -0.05) is 12.2 Å². The molecule has 13 heteroatoms. The fraction of sp³-hybridized carbons (Fsp3) is 0.562. The first kappa shape index (κ1) is 23.6. The van der Waals surface area contributed by atoms with Gasteiger partial charge in [0.1, 0.15) is 12.4 Å². The second kappa shape index (κ2) is 8.98. The number of nitrogens with zero attached hydrogens (tertiary/aromatic N) is 3. The first-order valence-corrected chi connectivity index (χ1v) is 11.6. The van der Waals surface area contributed by atoms with Crippen LogP contribution in [0.3, 0.4) is 0 Å². The summed E-state index contributed by atoms with van der Waals surface area (Å²) in [5.74, 6) is 0. The van der Waals surface area contributed by atoms with E-state index in [0.717, 1.165) is 19.3 Å². The molecule has 1 aromatic heterocycles. The summed E-state index contributed by atoms with van der Waals surface area (Å²) in [5.41, 5.74) is -2.75. The smallest absolute Gasteiger partial charge is 0.279 e. The van der Waals surface area contributed by atoms with Gasteiger partial charge in [-0.3, -0.25) is 4.55 Å². The normalized spacial score (nSPS) is 19.1. The minimum absolute atomic E-state index is 0.469. The van der Waals surface area contributed by atoms with Crippen molar-refractivity contribution < 1.29 is 39.1 Å². The molecule has 2 heterocycles. The molecule has 0 saturated heterocycles. The number of hydrogen-bond donors (Lipinski definition) is 1. The molecule has 164 valence electrons. The largest absolute Gasteiger partial charge is 0.522 e. The monoisotopic (exact) mass is 458 g/mol. The van der Waals surface area contributed by atoms with E-state index in [2.05, 4.69) is 12.2 Å². The lowest BCUT2D eigenvalue weighted by Crippen LogP contribution is -2.39. The summed E-state index contributed by atoms with van der Waals surface area (Å²) >= 11 is 0. The summed E-state index contributed by atoms with van der Waals surface area (Å²) in [6.07, 6.45) is 15.0. The van der Waals surface area contributed by atoms with E-state index < -0.39 is 25.8 Å². The zero-order chi connectivity index (χ0) is 21.9. The van der Waals surface area contributed by atoms with Crippen LogP contribution in [0.4, 0.5) is 13.2 Å². The van der Waals surface area contributed by atoms with Crippen LogP contribution in [-0.4, -0.2) is 48.3 Å². The standard InChI is InChI=1S/C15H22N3O2S.CHF3O3S/c1-16-11-12-18(13-16)21(19,20)17-9-7-15(8-10-17)14-5-3-2-4-6-14;2-1(3,4)8(5,6)7/h5,7,11-13H,2-4,6,8-10H2,1H3;(H,5,6,7)/q+1;. The van der Waals surface area contributed by atoms with Crippen LogP contribution >= 0.6 is 0 Å². The fourth-order valence-electron chi connectivity index (χ4n) is 2.98. The van der Waals surface area contributed by atoms with Gasteiger partial charge in [0.15, 0.2) is 0 Å². The van der Waals surface area contributed by atoms with Crippen molar-refractivity contribution in [2.24, 2.45) is 7.05 Å². The molecule has 1 aliphatic carbocycles. The second-order valence-corrected chi connectivity index (χ2v) is 9.90. The number of aromatic nitrogens is 2. The molecule has 1 aliphatic heterocycles. The third-order valence-corrected chi connectivity index (χ3v) is 6.82. The molecular formula is C16H23F3N3O5S2+. The van der Waals surface area contributed by atoms with Gasteiger partial charge in [-0.2, -0.15) is 34.3 Å². The third-order valence-electron chi connectivity index (χ3n) is 4.51. The highest BCUT2D eigenvalue weighted by Gasteiger charge is 2.44. The summed E-state index contributed by atoms with van der Waals surface area (Å²) in [6, 6.07) is 0. The maximum atomic E-state index is 12.5. The molecule has 0 amide bonds. The van der Waals surface area contributed by atoms with E-state index in [4.69, 9.17) is 13.0 Å². The highest BCUT2D eigenvalue weighted by atomic mass is 32.2. The molecule has 2 aliphatic rings. The van der Waals surface area contributed by atoms with Crippen LogP contribution < -0.4 is 4.57 Å². The van der Waals surface area contributed by atoms with Gasteiger partial charge in [0.2, 0.25) is 0 Å². The summed E-state index contributed by atoms with van der Waals surface area (Å²) in [5, 5.41) is 0. The van der Waals surface area contributed by atoms with Crippen molar-refractivity contribution in [2.75, 3.05) is 13.1 Å². The van der Waals surface area contributed by atoms with Crippen LogP contribution in [-0.2, 0) is 27.4 Å². The molecule has 0 aromatic carbocycles. The molecule has 0 unspecified atom stereocenters. The zero-order valence-electron chi connectivity index (χ0n) is 15.7. The number of hydrogen-bond acceptors (Lipinski definition) is 4. The van der Waals surface area contributed by atoms with Crippen molar-refractivity contribution in [3.8, 4) is 0 Å². The van der Waals surface area contributed by atoms with Gasteiger partial charge in [-0.15, -0.1) is 3.97 Å². The van der Waals surface area contributed by atoms with Crippen molar-refractivity contribution in [3.63, 3.8) is 0 Å². The van der Waals surface area contributed by atoms with Crippen molar-refractivity contribution in [1.29, 1.82) is 0 Å². The molecule has 0 saturated carbocycles. The fourth-order valence-corrected chi connectivity index (χ4v) is 4.31. The quantitative estimate of drug-likeness (QED) is 0.424. The van der Waals surface area contributed by atoms with Crippen molar-refractivity contribution in [2.45, 2.75) is 37.6 Å². The van der Waals surface area contributed by atoms with Crippen LogP contribution in [0.5, 0.6) is 0 Å². The lowest BCUT2D eigenvalue weighted by Gasteiger charge is -2.25. The van der Waals surface area contributed by atoms with Gasteiger partial charge in [0.25, 0.3) is 6.33 Å². The first-order valence-electron chi connectivity index (χ1n) is 8.78. The second-order valence-electron chi connectivity index (χ2n) is 6.65. The molecule has 1 aromatic rings. The Balaban J connectivity index is 0.000000321. The van der Waals surface area contributed by atoms with Gasteiger partial charge in [-0.25, -0.2) is 4.57 Å². The Morgan fingerprint density at radius 2 is 1.69 bits per heavy atom. The number of halogens is 3. The molecule has 0 atom stereocenters. The average molecular weight is 459 g/mol. The van der Waals surface area contributed by atoms with Gasteiger partial charge >= 0.3 is 25.8 Å². The van der Waals surface area contributed by atoms with Gasteiger partial charge in [0.05, 0.1) is 7.05 Å². The Hall–Kier alpha value is -1.70. The number of alkyl halides is 3. The molecular weight excluding hydrogens is 435 g/mol. The van der Waals surface area contributed by atoms with Crippen LogP contribution in [0.25, 0.3) is 0 Å². The Morgan fingerprint density at radius 1 is 1.07 bits per heavy atom. The van der Waals surface area contributed by atoms with Crippen molar-refractivity contribution in [3.05, 3.63) is 42.0 Å². The van der Waals surface area contributed by atoms with E-state index in [9.17, 15) is 21.6 Å². The minimum Gasteiger partial charge on any atom is -0.279 e. The summed E-state index contributed by atoms with van der Waals surface area (Å²) < 4.78 is 87.1. The van der Waals surface area contributed by atoms with Gasteiger partial charge in [0, 0.05) is 13.1 Å². The molecule has 8 nitrogen and oxygen atoms in total. The predicted molar refractivity (Wildman–Crippen MR) is 98.4 cm³/mol. The topological polar surface area (TPSA) is 101 Å². The molecule has 3 rings (SSSR count). The maximum absolute atomic E-state index is 12.5. The number of imidazole rings is 1. The summed E-state index contributed by atoms with van der Waals surface area (Å²) in [6.45, 7) is 1.03.